The van der Waals surface area contributed by atoms with Gasteiger partial charge in [-0.2, -0.15) is 0 Å². The zero-order valence-electron chi connectivity index (χ0n) is 17.8. The van der Waals surface area contributed by atoms with Crippen LogP contribution in [0, 0.1) is 12.8 Å². The van der Waals surface area contributed by atoms with Crippen LogP contribution in [0.3, 0.4) is 0 Å². The molecule has 0 aliphatic carbocycles. The van der Waals surface area contributed by atoms with Crippen molar-refractivity contribution in [2.24, 2.45) is 5.92 Å². The van der Waals surface area contributed by atoms with E-state index in [9.17, 15) is 19.6 Å². The van der Waals surface area contributed by atoms with Crippen LogP contribution in [0.2, 0.25) is 0 Å². The molecule has 2 aromatic carbocycles. The number of aliphatic hydroxyl groups excluding tert-OH is 1. The van der Waals surface area contributed by atoms with E-state index in [0.717, 1.165) is 38.4 Å². The van der Waals surface area contributed by atoms with Gasteiger partial charge in [-0.15, -0.1) is 0 Å². The lowest BCUT2D eigenvalue weighted by atomic mass is 10.1. The van der Waals surface area contributed by atoms with E-state index in [0.29, 0.717) is 18.8 Å². The number of hydrogen-bond donors (Lipinski definition) is 2. The summed E-state index contributed by atoms with van der Waals surface area (Å²) in [4.78, 5) is 21.4. The molecule has 2 aliphatic rings. The van der Waals surface area contributed by atoms with Crippen LogP contribution in [0.4, 0.5) is 11.5 Å². The third kappa shape index (κ3) is 3.79. The molecule has 3 atom stereocenters. The summed E-state index contributed by atoms with van der Waals surface area (Å²) in [5, 5.41) is 20.7. The lowest BCUT2D eigenvalue weighted by Gasteiger charge is -2.26. The normalized spacial score (nSPS) is 23.3. The van der Waals surface area contributed by atoms with Crippen LogP contribution < -0.4 is 9.80 Å². The van der Waals surface area contributed by atoms with Crippen molar-refractivity contribution in [1.29, 1.82) is 0 Å². The number of aliphatic carboxylic acids is 1. The SMILES string of the molecule is Cc1ccc2nc(N3CC[S+]([O-])c4ccccc4C3)cc(N3C[C@H](C(=O)O)[C@@H](O)C3)c2c1. The Labute approximate surface area is 189 Å². The minimum absolute atomic E-state index is 0.246. The van der Waals surface area contributed by atoms with Crippen LogP contribution in [0.1, 0.15) is 11.1 Å². The number of nitrogens with zero attached hydrogens (tertiary/aromatic N) is 3. The number of carboxylic acids is 1. The first kappa shape index (κ1) is 21.1. The molecule has 0 saturated carbocycles. The maximum atomic E-state index is 12.7. The van der Waals surface area contributed by atoms with Crippen LogP contribution in [0.5, 0.6) is 0 Å². The maximum Gasteiger partial charge on any atom is 0.311 e. The van der Waals surface area contributed by atoms with Gasteiger partial charge in [0.25, 0.3) is 0 Å². The van der Waals surface area contributed by atoms with Gasteiger partial charge in [-0.3, -0.25) is 4.79 Å². The van der Waals surface area contributed by atoms with Crippen molar-refractivity contribution >= 4 is 39.6 Å². The topological polar surface area (TPSA) is 100.0 Å². The van der Waals surface area contributed by atoms with Gasteiger partial charge in [0.15, 0.2) is 4.90 Å². The summed E-state index contributed by atoms with van der Waals surface area (Å²) in [6.45, 7) is 3.72. The summed E-state index contributed by atoms with van der Waals surface area (Å²) in [7, 11) is 0. The third-order valence-corrected chi connectivity index (χ3v) is 7.77. The molecule has 166 valence electrons. The predicted molar refractivity (Wildman–Crippen MR) is 125 cm³/mol. The Morgan fingerprint density at radius 1 is 1.16 bits per heavy atom. The zero-order chi connectivity index (χ0) is 22.4. The minimum Gasteiger partial charge on any atom is -0.611 e. The third-order valence-electron chi connectivity index (χ3n) is 6.33. The molecule has 5 rings (SSSR count). The standard InChI is InChI=1S/C24H25N3O4S/c1-15-6-7-19-17(10-15)20(27-13-18(24(29)30)21(28)14-27)11-23(25-19)26-8-9-32(31)22-5-3-2-4-16(22)12-26/h2-7,10-11,18,21,28H,8-9,12-14H2,1H3,(H,29,30)/t18-,21-,32?/m0/s1. The van der Waals surface area contributed by atoms with Gasteiger partial charge in [-0.25, -0.2) is 4.98 Å². The molecule has 2 aliphatic heterocycles. The fourth-order valence-electron chi connectivity index (χ4n) is 4.60. The monoisotopic (exact) mass is 451 g/mol. The van der Waals surface area contributed by atoms with Crippen LogP contribution in [0.15, 0.2) is 53.4 Å². The highest BCUT2D eigenvalue weighted by Crippen LogP contribution is 2.35. The number of rotatable bonds is 3. The molecular formula is C24H25N3O4S. The molecule has 1 aromatic heterocycles. The molecule has 3 heterocycles. The molecule has 0 spiro atoms. The number of pyridine rings is 1. The zero-order valence-corrected chi connectivity index (χ0v) is 18.6. The average molecular weight is 452 g/mol. The highest BCUT2D eigenvalue weighted by atomic mass is 32.2. The van der Waals surface area contributed by atoms with Gasteiger partial charge in [-0.1, -0.05) is 29.8 Å². The van der Waals surface area contributed by atoms with Crippen molar-refractivity contribution in [3.05, 3.63) is 59.7 Å². The van der Waals surface area contributed by atoms with Gasteiger partial charge in [0.2, 0.25) is 0 Å². The maximum absolute atomic E-state index is 12.7. The first-order valence-corrected chi connectivity index (χ1v) is 12.0. The Kier molecular flexibility index (Phi) is 5.44. The Balaban J connectivity index is 1.58. The van der Waals surface area contributed by atoms with Crippen LogP contribution >= 0.6 is 0 Å². The molecule has 0 amide bonds. The molecule has 1 saturated heterocycles. The lowest BCUT2D eigenvalue weighted by molar-refractivity contribution is -0.143. The highest BCUT2D eigenvalue weighted by Gasteiger charge is 2.37. The van der Waals surface area contributed by atoms with Gasteiger partial charge in [0, 0.05) is 42.3 Å². The van der Waals surface area contributed by atoms with Crippen LogP contribution in [-0.2, 0) is 22.5 Å². The fourth-order valence-corrected chi connectivity index (χ4v) is 5.86. The van der Waals surface area contributed by atoms with Gasteiger partial charge in [-0.05, 0) is 36.3 Å². The van der Waals surface area contributed by atoms with E-state index in [1.165, 1.54) is 0 Å². The number of aliphatic hydroxyl groups is 1. The van der Waals surface area contributed by atoms with Crippen molar-refractivity contribution < 1.29 is 19.6 Å². The summed E-state index contributed by atoms with van der Waals surface area (Å²) in [5.41, 5.74) is 3.80. The lowest BCUT2D eigenvalue weighted by Crippen LogP contribution is -2.27. The van der Waals surface area contributed by atoms with Crippen molar-refractivity contribution in [2.75, 3.05) is 35.2 Å². The van der Waals surface area contributed by atoms with E-state index in [1.807, 2.05) is 54.3 Å². The van der Waals surface area contributed by atoms with E-state index in [-0.39, 0.29) is 13.1 Å². The quantitative estimate of drug-likeness (QED) is 0.591. The molecule has 0 radical (unpaired) electrons. The largest absolute Gasteiger partial charge is 0.611 e. The Morgan fingerprint density at radius 2 is 1.97 bits per heavy atom. The van der Waals surface area contributed by atoms with E-state index >= 15 is 0 Å². The van der Waals surface area contributed by atoms with E-state index in [1.54, 1.807) is 0 Å². The van der Waals surface area contributed by atoms with Crippen molar-refractivity contribution in [1.82, 2.24) is 4.98 Å². The minimum atomic E-state index is -1.06. The average Bonchev–Trinajstić information content (AvgIpc) is 3.09. The molecule has 0 bridgehead atoms. The number of anilines is 2. The summed E-state index contributed by atoms with van der Waals surface area (Å²) in [6, 6.07) is 15.8. The molecule has 1 fully saturated rings. The number of aromatic nitrogens is 1. The number of fused-ring (bicyclic) bond motifs is 2. The Morgan fingerprint density at radius 3 is 2.75 bits per heavy atom. The number of benzene rings is 2. The molecule has 32 heavy (non-hydrogen) atoms. The Bertz CT molecular complexity index is 1190. The van der Waals surface area contributed by atoms with Gasteiger partial charge in [0.05, 0.1) is 18.2 Å². The summed E-state index contributed by atoms with van der Waals surface area (Å²) in [6.07, 6.45) is -0.920. The number of carboxylic acid groups (broad SMARTS) is 1. The second kappa shape index (κ2) is 8.27. The number of hydrogen-bond acceptors (Lipinski definition) is 6. The van der Waals surface area contributed by atoms with E-state index in [4.69, 9.17) is 4.98 Å². The van der Waals surface area contributed by atoms with Crippen molar-refractivity contribution in [2.45, 2.75) is 24.5 Å². The van der Waals surface area contributed by atoms with Crippen molar-refractivity contribution in [3.63, 3.8) is 0 Å². The number of carbonyl (C=O) groups is 1. The number of β-amino-alcohol motifs (C(OH)–C–C–N with tert-alkyl or cyclic N) is 1. The summed E-state index contributed by atoms with van der Waals surface area (Å²) in [5.74, 6) is -0.526. The number of aryl methyl sites for hydroxylation is 1. The van der Waals surface area contributed by atoms with Gasteiger partial charge in [0.1, 0.15) is 17.5 Å². The van der Waals surface area contributed by atoms with E-state index < -0.39 is 29.2 Å². The van der Waals surface area contributed by atoms with E-state index in [2.05, 4.69) is 11.0 Å². The Hall–Kier alpha value is -2.81. The highest BCUT2D eigenvalue weighted by molar-refractivity contribution is 7.91. The predicted octanol–water partition coefficient (Wildman–Crippen LogP) is 2.55. The van der Waals surface area contributed by atoms with Crippen LogP contribution in [-0.4, -0.2) is 57.2 Å². The first-order valence-electron chi connectivity index (χ1n) is 10.7. The molecule has 8 heteroatoms. The molecule has 2 N–H and O–H groups in total. The summed E-state index contributed by atoms with van der Waals surface area (Å²) >= 11 is -1.06. The first-order chi connectivity index (χ1) is 15.4. The molecule has 7 nitrogen and oxygen atoms in total. The fraction of sp³-hybridized carbons (Fsp3) is 0.333. The second-order valence-electron chi connectivity index (χ2n) is 8.52. The van der Waals surface area contributed by atoms with Crippen LogP contribution in [0.25, 0.3) is 10.9 Å². The smallest absolute Gasteiger partial charge is 0.311 e. The molecule has 1 unspecified atom stereocenters. The molecular weight excluding hydrogens is 426 g/mol. The van der Waals surface area contributed by atoms with Gasteiger partial charge >= 0.3 is 5.97 Å². The van der Waals surface area contributed by atoms with Crippen molar-refractivity contribution in [3.8, 4) is 0 Å². The van der Waals surface area contributed by atoms with Gasteiger partial charge < -0.3 is 24.6 Å². The molecule has 3 aromatic rings. The second-order valence-corrected chi connectivity index (χ2v) is 10.1. The summed E-state index contributed by atoms with van der Waals surface area (Å²) < 4.78 is 12.7.